The third-order valence-electron chi connectivity index (χ3n) is 4.36. The highest BCUT2D eigenvalue weighted by atomic mass is 16.3. The van der Waals surface area contributed by atoms with Crippen LogP contribution in [0.5, 0.6) is 0 Å². The fourth-order valence-corrected chi connectivity index (χ4v) is 2.40. The number of nitrogens with zero attached hydrogens (tertiary/aromatic N) is 3. The number of aromatic nitrogens is 3. The second kappa shape index (κ2) is 5.63. The monoisotopic (exact) mass is 313 g/mol. The first-order valence-electron chi connectivity index (χ1n) is 7.66. The van der Waals surface area contributed by atoms with Crippen molar-refractivity contribution in [2.75, 3.05) is 0 Å². The molecule has 120 valence electrons. The van der Waals surface area contributed by atoms with Gasteiger partial charge in [-0.1, -0.05) is 0 Å². The van der Waals surface area contributed by atoms with Gasteiger partial charge in [0, 0.05) is 12.1 Å². The number of carbonyl (C=O) groups is 1. The number of fused-ring (bicyclic) bond motifs is 1. The molecule has 2 heterocycles. The molecular weight excluding hydrogens is 294 g/mol. The molecule has 0 saturated heterocycles. The van der Waals surface area contributed by atoms with Crippen LogP contribution in [-0.2, 0) is 0 Å². The first kappa shape index (κ1) is 15.4. The lowest BCUT2D eigenvalue weighted by Crippen LogP contribution is -2.48. The largest absolute Gasteiger partial charge is 0.387 e. The molecule has 3 N–H and O–H groups in total. The molecule has 0 aliphatic heterocycles. The summed E-state index contributed by atoms with van der Waals surface area (Å²) in [5.41, 5.74) is 1.13. The number of nitrogens with one attached hydrogen (secondary N) is 2. The Morgan fingerprint density at radius 3 is 3.04 bits per heavy atom. The molecule has 2 aromatic rings. The van der Waals surface area contributed by atoms with Crippen LogP contribution in [0.15, 0.2) is 12.4 Å². The highest BCUT2D eigenvalue weighted by Crippen LogP contribution is 2.39. The van der Waals surface area contributed by atoms with Crippen molar-refractivity contribution in [1.29, 1.82) is 5.26 Å². The van der Waals surface area contributed by atoms with Crippen molar-refractivity contribution in [3.63, 3.8) is 0 Å². The molecule has 3 rings (SSSR count). The van der Waals surface area contributed by atoms with E-state index in [4.69, 9.17) is 5.26 Å². The van der Waals surface area contributed by atoms with Crippen LogP contribution in [0.3, 0.4) is 0 Å². The first-order valence-corrected chi connectivity index (χ1v) is 7.66. The third kappa shape index (κ3) is 3.03. The molecule has 1 aliphatic rings. The molecule has 2 aromatic heterocycles. The van der Waals surface area contributed by atoms with E-state index in [1.165, 1.54) is 6.92 Å². The number of rotatable bonds is 5. The van der Waals surface area contributed by atoms with E-state index in [1.54, 1.807) is 19.3 Å². The van der Waals surface area contributed by atoms with E-state index in [0.29, 0.717) is 22.6 Å². The normalized spacial score (nSPS) is 18.2. The van der Waals surface area contributed by atoms with Gasteiger partial charge in [-0.25, -0.2) is 9.97 Å². The van der Waals surface area contributed by atoms with Gasteiger partial charge < -0.3 is 15.4 Å². The number of aromatic amines is 1. The number of H-pyrrole nitrogens is 1. The number of amides is 1. The average molecular weight is 313 g/mol. The second-order valence-corrected chi connectivity index (χ2v) is 6.36. The van der Waals surface area contributed by atoms with Crippen LogP contribution in [0.25, 0.3) is 11.2 Å². The van der Waals surface area contributed by atoms with Crippen molar-refractivity contribution in [3.05, 3.63) is 23.7 Å². The van der Waals surface area contributed by atoms with Gasteiger partial charge in [0.15, 0.2) is 5.65 Å². The minimum atomic E-state index is -1.29. The second-order valence-electron chi connectivity index (χ2n) is 6.36. The lowest BCUT2D eigenvalue weighted by atomic mass is 9.94. The number of hydrogen-bond donors (Lipinski definition) is 3. The van der Waals surface area contributed by atoms with Gasteiger partial charge >= 0.3 is 0 Å². The Balaban J connectivity index is 1.83. The molecule has 0 aromatic carbocycles. The molecule has 1 saturated carbocycles. The number of carbonyl (C=O) groups excluding carboxylic acids is 1. The Kier molecular flexibility index (Phi) is 3.78. The third-order valence-corrected chi connectivity index (χ3v) is 4.36. The van der Waals surface area contributed by atoms with Crippen molar-refractivity contribution in [1.82, 2.24) is 20.3 Å². The predicted molar refractivity (Wildman–Crippen MR) is 83.6 cm³/mol. The molecule has 1 fully saturated rings. The topological polar surface area (TPSA) is 115 Å². The molecule has 0 spiro atoms. The highest BCUT2D eigenvalue weighted by Gasteiger charge is 2.31. The van der Waals surface area contributed by atoms with Crippen LogP contribution in [0.2, 0.25) is 0 Å². The maximum absolute atomic E-state index is 12.5. The smallest absolute Gasteiger partial charge is 0.255 e. The molecular formula is C16H19N5O2. The zero-order valence-electron chi connectivity index (χ0n) is 13.1. The summed E-state index contributed by atoms with van der Waals surface area (Å²) in [6.45, 7) is 3.20. The van der Waals surface area contributed by atoms with Gasteiger partial charge in [0.2, 0.25) is 0 Å². The fourth-order valence-electron chi connectivity index (χ4n) is 2.40. The van der Waals surface area contributed by atoms with Crippen LogP contribution in [0, 0.1) is 11.3 Å². The zero-order valence-corrected chi connectivity index (χ0v) is 13.1. The Morgan fingerprint density at radius 1 is 1.65 bits per heavy atom. The average Bonchev–Trinajstić information content (AvgIpc) is 3.26. The van der Waals surface area contributed by atoms with Crippen LogP contribution in [0.1, 0.15) is 55.1 Å². The van der Waals surface area contributed by atoms with E-state index in [2.05, 4.69) is 20.3 Å². The number of nitriles is 1. The van der Waals surface area contributed by atoms with Crippen molar-refractivity contribution in [2.45, 2.75) is 50.7 Å². The molecule has 2 unspecified atom stereocenters. The van der Waals surface area contributed by atoms with E-state index in [9.17, 15) is 9.90 Å². The summed E-state index contributed by atoms with van der Waals surface area (Å²) < 4.78 is 0. The molecule has 1 aliphatic carbocycles. The molecule has 1 amide bonds. The zero-order chi connectivity index (χ0) is 16.6. The summed E-state index contributed by atoms with van der Waals surface area (Å²) in [4.78, 5) is 24.3. The van der Waals surface area contributed by atoms with Crippen LogP contribution in [-0.4, -0.2) is 37.6 Å². The van der Waals surface area contributed by atoms with E-state index in [1.807, 2.05) is 6.07 Å². The Morgan fingerprint density at radius 2 is 2.39 bits per heavy atom. The summed E-state index contributed by atoms with van der Waals surface area (Å²) >= 11 is 0. The van der Waals surface area contributed by atoms with E-state index < -0.39 is 11.6 Å². The predicted octanol–water partition coefficient (Wildman–Crippen LogP) is 1.62. The minimum Gasteiger partial charge on any atom is -0.387 e. The fraction of sp³-hybridized carbons (Fsp3) is 0.500. The SMILES string of the molecule is CC(NC(=O)c1c[nH]c2ncc(C3CC3)nc12)C(C)(O)CC#N. The van der Waals surface area contributed by atoms with Gasteiger partial charge in [-0.05, 0) is 26.7 Å². The standard InChI is InChI=1S/C16H19N5O2/c1-9(16(2,23)5-6-17)20-15(22)11-7-18-14-13(11)21-12(8-19-14)10-3-4-10/h7-10,23H,3-5H2,1-2H3,(H,18,19)(H,20,22). The lowest BCUT2D eigenvalue weighted by molar-refractivity contribution is 0.0285. The van der Waals surface area contributed by atoms with Gasteiger partial charge in [0.25, 0.3) is 5.91 Å². The maximum Gasteiger partial charge on any atom is 0.255 e. The van der Waals surface area contributed by atoms with E-state index in [0.717, 1.165) is 18.5 Å². The highest BCUT2D eigenvalue weighted by molar-refractivity contribution is 6.04. The van der Waals surface area contributed by atoms with Gasteiger partial charge in [0.05, 0.1) is 41.6 Å². The molecule has 23 heavy (non-hydrogen) atoms. The van der Waals surface area contributed by atoms with Gasteiger partial charge in [0.1, 0.15) is 5.52 Å². The summed E-state index contributed by atoms with van der Waals surface area (Å²) in [7, 11) is 0. The minimum absolute atomic E-state index is 0.0615. The summed E-state index contributed by atoms with van der Waals surface area (Å²) in [5, 5.41) is 21.7. The van der Waals surface area contributed by atoms with E-state index >= 15 is 0 Å². The molecule has 0 bridgehead atoms. The molecule has 2 atom stereocenters. The summed E-state index contributed by atoms with van der Waals surface area (Å²) in [5.74, 6) is 0.109. The van der Waals surface area contributed by atoms with Gasteiger partial charge in [-0.15, -0.1) is 0 Å². The van der Waals surface area contributed by atoms with Crippen molar-refractivity contribution >= 4 is 17.1 Å². The van der Waals surface area contributed by atoms with Crippen LogP contribution >= 0.6 is 0 Å². The molecule has 7 heteroatoms. The lowest BCUT2D eigenvalue weighted by Gasteiger charge is -2.28. The van der Waals surface area contributed by atoms with Crippen molar-refractivity contribution in [2.24, 2.45) is 0 Å². The number of hydrogen-bond acceptors (Lipinski definition) is 5. The summed E-state index contributed by atoms with van der Waals surface area (Å²) in [6, 6.07) is 1.35. The van der Waals surface area contributed by atoms with Crippen molar-refractivity contribution in [3.8, 4) is 6.07 Å². The Bertz CT molecular complexity index is 785. The number of aliphatic hydroxyl groups is 1. The van der Waals surface area contributed by atoms with Gasteiger partial charge in [-0.3, -0.25) is 4.79 Å². The first-order chi connectivity index (χ1) is 10.9. The van der Waals surface area contributed by atoms with E-state index in [-0.39, 0.29) is 12.3 Å². The summed E-state index contributed by atoms with van der Waals surface area (Å²) in [6.07, 6.45) is 5.48. The molecule has 0 radical (unpaired) electrons. The van der Waals surface area contributed by atoms with Crippen LogP contribution < -0.4 is 5.32 Å². The van der Waals surface area contributed by atoms with Crippen molar-refractivity contribution < 1.29 is 9.90 Å². The quantitative estimate of drug-likeness (QED) is 0.776. The maximum atomic E-state index is 12.5. The Hall–Kier alpha value is -2.46. The van der Waals surface area contributed by atoms with Gasteiger partial charge in [-0.2, -0.15) is 5.26 Å². The van der Waals surface area contributed by atoms with Crippen LogP contribution in [0.4, 0.5) is 0 Å². The molecule has 7 nitrogen and oxygen atoms in total. The Labute approximate surface area is 133 Å².